The second-order valence-electron chi connectivity index (χ2n) is 6.22. The number of urea groups is 1. The van der Waals surface area contributed by atoms with E-state index in [4.69, 9.17) is 11.6 Å². The number of fused-ring (bicyclic) bond motifs is 1. The number of aromatic nitrogens is 4. The second kappa shape index (κ2) is 7.79. The van der Waals surface area contributed by atoms with E-state index in [-0.39, 0.29) is 12.1 Å². The monoisotopic (exact) mass is 387 g/mol. The highest BCUT2D eigenvalue weighted by Crippen LogP contribution is 2.28. The zero-order valence-electron chi connectivity index (χ0n) is 15.7. The van der Waals surface area contributed by atoms with Crippen molar-refractivity contribution in [1.82, 2.24) is 25.1 Å². The number of halogens is 1. The molecule has 0 spiro atoms. The van der Waals surface area contributed by atoms with Crippen LogP contribution in [-0.2, 0) is 0 Å². The number of carbonyl (C=O) groups is 1. The summed E-state index contributed by atoms with van der Waals surface area (Å²) >= 11 is 5.99. The van der Waals surface area contributed by atoms with Crippen molar-refractivity contribution in [2.24, 2.45) is 0 Å². The minimum atomic E-state index is -0.300. The van der Waals surface area contributed by atoms with E-state index in [0.717, 1.165) is 5.56 Å². The van der Waals surface area contributed by atoms with Gasteiger partial charge in [-0.15, -0.1) is 15.3 Å². The Morgan fingerprint density at radius 2 is 2.00 bits per heavy atom. The number of benzene rings is 1. The third-order valence-electron chi connectivity index (χ3n) is 4.39. The van der Waals surface area contributed by atoms with Crippen molar-refractivity contribution in [3.8, 4) is 0 Å². The normalized spacial score (nSPS) is 12.0. The van der Waals surface area contributed by atoms with Crippen molar-refractivity contribution in [1.29, 1.82) is 0 Å². The summed E-state index contributed by atoms with van der Waals surface area (Å²) < 4.78 is 1.63. The molecule has 0 radical (unpaired) electrons. The molecule has 0 bridgehead atoms. The molecule has 1 atom stereocenters. The van der Waals surface area contributed by atoms with Crippen LogP contribution in [0.1, 0.15) is 31.3 Å². The molecule has 1 aromatic carbocycles. The molecule has 0 aliphatic carbocycles. The molecule has 0 saturated heterocycles. The van der Waals surface area contributed by atoms with Gasteiger partial charge in [0.15, 0.2) is 11.6 Å². The first-order valence-corrected chi connectivity index (χ1v) is 9.04. The van der Waals surface area contributed by atoms with E-state index in [1.807, 2.05) is 50.1 Å². The molecule has 2 amide bonds. The number of carbonyl (C=O) groups excluding carboxylic acids is 1. The average Bonchev–Trinajstić information content (AvgIpc) is 3.02. The van der Waals surface area contributed by atoms with E-state index < -0.39 is 0 Å². The van der Waals surface area contributed by atoms with Gasteiger partial charge in [-0.2, -0.15) is 4.52 Å². The Kier molecular flexibility index (Phi) is 5.46. The fourth-order valence-corrected chi connectivity index (χ4v) is 2.85. The molecule has 9 heteroatoms. The molecular weight excluding hydrogens is 366 g/mol. The Balaban J connectivity index is 1.98. The van der Waals surface area contributed by atoms with Crippen LogP contribution in [0.4, 0.5) is 16.3 Å². The van der Waals surface area contributed by atoms with Gasteiger partial charge >= 0.3 is 6.03 Å². The Hall–Kier alpha value is -2.87. The smallest absolute Gasteiger partial charge is 0.319 e. The number of aryl methyl sites for hydroxylation is 1. The van der Waals surface area contributed by atoms with Gasteiger partial charge in [0.1, 0.15) is 0 Å². The van der Waals surface area contributed by atoms with E-state index in [9.17, 15) is 4.79 Å². The van der Waals surface area contributed by atoms with Crippen LogP contribution in [0.2, 0.25) is 5.02 Å². The van der Waals surface area contributed by atoms with Gasteiger partial charge in [-0.3, -0.25) is 0 Å². The molecule has 2 N–H and O–H groups in total. The molecule has 8 nitrogen and oxygen atoms in total. The van der Waals surface area contributed by atoms with Crippen LogP contribution in [0.15, 0.2) is 30.3 Å². The first-order valence-electron chi connectivity index (χ1n) is 8.67. The average molecular weight is 388 g/mol. The largest absolute Gasteiger partial charge is 0.351 e. The maximum Gasteiger partial charge on any atom is 0.319 e. The van der Waals surface area contributed by atoms with E-state index in [0.29, 0.717) is 34.5 Å². The van der Waals surface area contributed by atoms with Crippen LogP contribution in [0.25, 0.3) is 5.65 Å². The van der Waals surface area contributed by atoms with Gasteiger partial charge in [-0.25, -0.2) is 4.79 Å². The van der Waals surface area contributed by atoms with Crippen LogP contribution in [0.3, 0.4) is 0 Å². The molecule has 142 valence electrons. The molecule has 3 rings (SSSR count). The molecular formula is C18H22ClN7O. The topological polar surface area (TPSA) is 87.5 Å². The molecule has 2 heterocycles. The van der Waals surface area contributed by atoms with Crippen molar-refractivity contribution in [3.05, 3.63) is 46.7 Å². The number of hydrogen-bond acceptors (Lipinski definition) is 5. The molecule has 27 heavy (non-hydrogen) atoms. The molecule has 2 aromatic heterocycles. The van der Waals surface area contributed by atoms with E-state index in [1.54, 1.807) is 10.6 Å². The lowest BCUT2D eigenvalue weighted by atomic mass is 10.1. The zero-order valence-corrected chi connectivity index (χ0v) is 16.4. The van der Waals surface area contributed by atoms with Gasteiger partial charge in [0.2, 0.25) is 5.65 Å². The Bertz CT molecular complexity index is 954. The first kappa shape index (κ1) is 18.9. The van der Waals surface area contributed by atoms with E-state index in [1.165, 1.54) is 0 Å². The van der Waals surface area contributed by atoms with E-state index >= 15 is 0 Å². The lowest BCUT2D eigenvalue weighted by molar-refractivity contribution is 0.252. The highest BCUT2D eigenvalue weighted by Gasteiger charge is 2.18. The van der Waals surface area contributed by atoms with Gasteiger partial charge in [-0.1, -0.05) is 23.7 Å². The maximum atomic E-state index is 12.0. The number of rotatable bonds is 5. The number of nitrogens with zero attached hydrogens (tertiary/aromatic N) is 5. The summed E-state index contributed by atoms with van der Waals surface area (Å²) in [7, 11) is 1.95. The summed E-state index contributed by atoms with van der Waals surface area (Å²) in [6, 6.07) is 9.24. The Morgan fingerprint density at radius 3 is 2.67 bits per heavy atom. The first-order chi connectivity index (χ1) is 12.9. The van der Waals surface area contributed by atoms with Gasteiger partial charge in [0.25, 0.3) is 0 Å². The summed E-state index contributed by atoms with van der Waals surface area (Å²) in [5.41, 5.74) is 2.14. The second-order valence-corrected chi connectivity index (χ2v) is 6.66. The maximum absolute atomic E-state index is 12.0. The van der Waals surface area contributed by atoms with Crippen molar-refractivity contribution < 1.29 is 4.79 Å². The fourth-order valence-electron chi connectivity index (χ4n) is 2.73. The summed E-state index contributed by atoms with van der Waals surface area (Å²) in [4.78, 5) is 14.0. The van der Waals surface area contributed by atoms with Crippen molar-refractivity contribution in [2.45, 2.75) is 26.8 Å². The number of nitrogens with one attached hydrogen (secondary N) is 2. The summed E-state index contributed by atoms with van der Waals surface area (Å²) in [6.07, 6.45) is 0. The fraction of sp³-hybridized carbons (Fsp3) is 0.333. The number of hydrogen-bond donors (Lipinski definition) is 2. The van der Waals surface area contributed by atoms with Crippen molar-refractivity contribution in [2.75, 3.05) is 23.8 Å². The standard InChI is InChI=1S/C18H22ClN7O/c1-5-20-18(27)21-15-10-16(24-26-12(3)22-23-17(15)26)25(4)11(2)13-6-8-14(19)9-7-13/h6-11H,5H2,1-4H3,(H2,20,21,27)/t11-/m0/s1. The molecule has 0 aliphatic heterocycles. The molecule has 0 unspecified atom stereocenters. The summed E-state index contributed by atoms with van der Waals surface area (Å²) in [5.74, 6) is 1.32. The highest BCUT2D eigenvalue weighted by atomic mass is 35.5. The summed E-state index contributed by atoms with van der Waals surface area (Å²) in [5, 5.41) is 19.1. The minimum absolute atomic E-state index is 0.0429. The van der Waals surface area contributed by atoms with Gasteiger partial charge in [0.05, 0.1) is 11.7 Å². The predicted octanol–water partition coefficient (Wildman–Crippen LogP) is 3.42. The van der Waals surface area contributed by atoms with Gasteiger partial charge in [0, 0.05) is 24.7 Å². The van der Waals surface area contributed by atoms with E-state index in [2.05, 4.69) is 32.9 Å². The molecule has 3 aromatic rings. The molecule has 0 fully saturated rings. The molecule has 0 saturated carbocycles. The Morgan fingerprint density at radius 1 is 1.30 bits per heavy atom. The third kappa shape index (κ3) is 3.95. The van der Waals surface area contributed by atoms with Crippen LogP contribution >= 0.6 is 11.6 Å². The lowest BCUT2D eigenvalue weighted by Gasteiger charge is -2.26. The minimum Gasteiger partial charge on any atom is -0.351 e. The Labute approximate surface area is 162 Å². The number of anilines is 2. The van der Waals surface area contributed by atoms with Crippen LogP contribution in [0, 0.1) is 6.92 Å². The zero-order chi connectivity index (χ0) is 19.6. The van der Waals surface area contributed by atoms with Crippen molar-refractivity contribution in [3.63, 3.8) is 0 Å². The quantitative estimate of drug-likeness (QED) is 0.700. The highest BCUT2D eigenvalue weighted by molar-refractivity contribution is 6.30. The van der Waals surface area contributed by atoms with Crippen LogP contribution in [0.5, 0.6) is 0 Å². The third-order valence-corrected chi connectivity index (χ3v) is 4.65. The predicted molar refractivity (Wildman–Crippen MR) is 106 cm³/mol. The van der Waals surface area contributed by atoms with Crippen molar-refractivity contribution >= 4 is 34.8 Å². The number of amides is 2. The SMILES string of the molecule is CCNC(=O)Nc1cc(N(C)[C@@H](C)c2ccc(Cl)cc2)nn2c(C)nnc12. The lowest BCUT2D eigenvalue weighted by Crippen LogP contribution is -2.29. The van der Waals surface area contributed by atoms with Crippen LogP contribution in [-0.4, -0.2) is 39.4 Å². The van der Waals surface area contributed by atoms with Gasteiger partial charge in [-0.05, 0) is 38.5 Å². The summed E-state index contributed by atoms with van der Waals surface area (Å²) in [6.45, 7) is 6.27. The van der Waals surface area contributed by atoms with Gasteiger partial charge < -0.3 is 15.5 Å². The van der Waals surface area contributed by atoms with Crippen LogP contribution < -0.4 is 15.5 Å². The molecule has 0 aliphatic rings.